The number of carbonyl (C=O) groups is 1. The van der Waals surface area contributed by atoms with Crippen LogP contribution in [-0.2, 0) is 4.79 Å². The number of likely N-dealkylation sites (tertiary alicyclic amines) is 1. The minimum Gasteiger partial charge on any atom is -0.341 e. The number of hydrogen-bond acceptors (Lipinski definition) is 3. The Morgan fingerprint density at radius 2 is 2.18 bits per heavy atom. The van der Waals surface area contributed by atoms with Gasteiger partial charge in [-0.15, -0.1) is 0 Å². The van der Waals surface area contributed by atoms with Gasteiger partial charge in [0.2, 0.25) is 6.41 Å². The number of carbonyl (C=O) groups excluding carboxylic acids is 1. The highest BCUT2D eigenvalue weighted by Crippen LogP contribution is 2.19. The van der Waals surface area contributed by atoms with Gasteiger partial charge in [-0.1, -0.05) is 0 Å². The normalized spacial score (nSPS) is 28.2. The van der Waals surface area contributed by atoms with E-state index in [-0.39, 0.29) is 5.54 Å². The molecule has 0 atom stereocenters. The van der Waals surface area contributed by atoms with E-state index >= 15 is 0 Å². The van der Waals surface area contributed by atoms with E-state index in [1.807, 2.05) is 0 Å². The van der Waals surface area contributed by atoms with Crippen molar-refractivity contribution >= 4 is 6.41 Å². The van der Waals surface area contributed by atoms with Crippen molar-refractivity contribution in [2.45, 2.75) is 5.54 Å². The summed E-state index contributed by atoms with van der Waals surface area (Å²) in [4.78, 5) is 12.1. The van der Waals surface area contributed by atoms with Gasteiger partial charge in [0, 0.05) is 32.7 Å². The molecule has 4 heteroatoms. The Labute approximate surface area is 65.9 Å². The van der Waals surface area contributed by atoms with Gasteiger partial charge in [0.1, 0.15) is 0 Å². The van der Waals surface area contributed by atoms with Crippen LogP contribution < -0.4 is 10.6 Å². The van der Waals surface area contributed by atoms with Crippen LogP contribution in [0.25, 0.3) is 0 Å². The topological polar surface area (TPSA) is 44.4 Å². The number of nitrogens with zero attached hydrogens (tertiary/aromatic N) is 1. The molecule has 0 bridgehead atoms. The van der Waals surface area contributed by atoms with Gasteiger partial charge in [0.25, 0.3) is 0 Å². The lowest BCUT2D eigenvalue weighted by Crippen LogP contribution is -2.75. The second-order valence-electron chi connectivity index (χ2n) is 3.39. The zero-order valence-electron chi connectivity index (χ0n) is 6.47. The first-order valence-corrected chi connectivity index (χ1v) is 4.00. The molecule has 2 heterocycles. The van der Waals surface area contributed by atoms with Crippen molar-refractivity contribution in [3.63, 3.8) is 0 Å². The fourth-order valence-electron chi connectivity index (χ4n) is 1.84. The highest BCUT2D eigenvalue weighted by molar-refractivity contribution is 5.50. The van der Waals surface area contributed by atoms with E-state index in [9.17, 15) is 4.79 Å². The second-order valence-corrected chi connectivity index (χ2v) is 3.39. The summed E-state index contributed by atoms with van der Waals surface area (Å²) >= 11 is 0. The molecule has 2 fully saturated rings. The third-order valence-corrected chi connectivity index (χ3v) is 2.43. The molecule has 0 aromatic rings. The fourth-order valence-corrected chi connectivity index (χ4v) is 1.84. The summed E-state index contributed by atoms with van der Waals surface area (Å²) in [6.07, 6.45) is 0.918. The fraction of sp³-hybridized carbons (Fsp3) is 0.857. The van der Waals surface area contributed by atoms with Gasteiger partial charge in [-0.3, -0.25) is 4.79 Å². The molecule has 2 aliphatic rings. The first-order chi connectivity index (χ1) is 5.35. The second kappa shape index (κ2) is 2.46. The van der Waals surface area contributed by atoms with Gasteiger partial charge < -0.3 is 15.5 Å². The number of piperazine rings is 1. The third kappa shape index (κ3) is 1.12. The number of hydrogen-bond donors (Lipinski definition) is 2. The quantitative estimate of drug-likeness (QED) is 0.448. The molecule has 2 rings (SSSR count). The maximum Gasteiger partial charge on any atom is 0.209 e. The van der Waals surface area contributed by atoms with Crippen LogP contribution in [0.2, 0.25) is 0 Å². The Bertz CT molecular complexity index is 157. The zero-order chi connectivity index (χ0) is 7.73. The van der Waals surface area contributed by atoms with E-state index in [4.69, 9.17) is 0 Å². The summed E-state index contributed by atoms with van der Waals surface area (Å²) in [5.41, 5.74) is 0.208. The summed E-state index contributed by atoms with van der Waals surface area (Å²) < 4.78 is 0. The molecule has 0 aromatic carbocycles. The number of rotatable bonds is 1. The van der Waals surface area contributed by atoms with Crippen molar-refractivity contribution in [2.75, 3.05) is 32.7 Å². The summed E-state index contributed by atoms with van der Waals surface area (Å²) in [7, 11) is 0. The molecular formula is C7H13N3O. The highest BCUT2D eigenvalue weighted by atomic mass is 16.1. The van der Waals surface area contributed by atoms with Crippen molar-refractivity contribution in [3.8, 4) is 0 Å². The summed E-state index contributed by atoms with van der Waals surface area (Å²) in [6, 6.07) is 0. The molecule has 1 amide bonds. The number of nitrogens with one attached hydrogen (secondary N) is 2. The van der Waals surface area contributed by atoms with Gasteiger partial charge >= 0.3 is 0 Å². The summed E-state index contributed by atoms with van der Waals surface area (Å²) in [5, 5.41) is 6.75. The van der Waals surface area contributed by atoms with Crippen molar-refractivity contribution in [3.05, 3.63) is 0 Å². The van der Waals surface area contributed by atoms with Gasteiger partial charge in [0.05, 0.1) is 5.54 Å². The predicted octanol–water partition coefficient (Wildman–Crippen LogP) is -1.61. The monoisotopic (exact) mass is 155 g/mol. The number of amides is 1. The SMILES string of the molecule is O=CN1CC2(CNCCN2)C1. The van der Waals surface area contributed by atoms with Gasteiger partial charge in [-0.2, -0.15) is 0 Å². The van der Waals surface area contributed by atoms with Crippen LogP contribution in [-0.4, -0.2) is 49.6 Å². The molecule has 1 spiro atoms. The molecular weight excluding hydrogens is 142 g/mol. The van der Waals surface area contributed by atoms with Crippen molar-refractivity contribution in [1.82, 2.24) is 15.5 Å². The smallest absolute Gasteiger partial charge is 0.209 e. The lowest BCUT2D eigenvalue weighted by atomic mass is 9.89. The van der Waals surface area contributed by atoms with Crippen molar-refractivity contribution in [1.29, 1.82) is 0 Å². The molecule has 0 unspecified atom stereocenters. The van der Waals surface area contributed by atoms with Crippen LogP contribution in [0, 0.1) is 0 Å². The maximum absolute atomic E-state index is 10.3. The molecule has 2 N–H and O–H groups in total. The standard InChI is InChI=1S/C7H13N3O/c11-6-10-4-7(5-10)3-8-1-2-9-7/h6,8-9H,1-5H2. The van der Waals surface area contributed by atoms with Crippen LogP contribution in [0.3, 0.4) is 0 Å². The first kappa shape index (κ1) is 7.06. The Balaban J connectivity index is 1.88. The molecule has 0 radical (unpaired) electrons. The molecule has 2 saturated heterocycles. The molecule has 0 aliphatic carbocycles. The van der Waals surface area contributed by atoms with E-state index in [0.717, 1.165) is 39.1 Å². The Morgan fingerprint density at radius 3 is 2.73 bits per heavy atom. The zero-order valence-corrected chi connectivity index (χ0v) is 6.47. The van der Waals surface area contributed by atoms with Crippen molar-refractivity contribution < 1.29 is 4.79 Å². The third-order valence-electron chi connectivity index (χ3n) is 2.43. The van der Waals surface area contributed by atoms with Gasteiger partial charge in [0.15, 0.2) is 0 Å². The first-order valence-electron chi connectivity index (χ1n) is 4.00. The van der Waals surface area contributed by atoms with Crippen LogP contribution in [0.1, 0.15) is 0 Å². The molecule has 0 aromatic heterocycles. The molecule has 2 aliphatic heterocycles. The molecule has 0 saturated carbocycles. The molecule has 62 valence electrons. The Kier molecular flexibility index (Phi) is 1.58. The maximum atomic E-state index is 10.3. The van der Waals surface area contributed by atoms with Crippen LogP contribution in [0.15, 0.2) is 0 Å². The van der Waals surface area contributed by atoms with Crippen LogP contribution >= 0.6 is 0 Å². The van der Waals surface area contributed by atoms with Crippen LogP contribution in [0.4, 0.5) is 0 Å². The van der Waals surface area contributed by atoms with Crippen LogP contribution in [0.5, 0.6) is 0 Å². The van der Waals surface area contributed by atoms with Crippen molar-refractivity contribution in [2.24, 2.45) is 0 Å². The van der Waals surface area contributed by atoms with Gasteiger partial charge in [-0.25, -0.2) is 0 Å². The average Bonchev–Trinajstić information content (AvgIpc) is 2.01. The minimum absolute atomic E-state index is 0.208. The van der Waals surface area contributed by atoms with Gasteiger partial charge in [-0.05, 0) is 0 Å². The Hall–Kier alpha value is -0.610. The molecule has 4 nitrogen and oxygen atoms in total. The van der Waals surface area contributed by atoms with E-state index in [1.165, 1.54) is 0 Å². The van der Waals surface area contributed by atoms with E-state index < -0.39 is 0 Å². The molecule has 11 heavy (non-hydrogen) atoms. The largest absolute Gasteiger partial charge is 0.341 e. The average molecular weight is 155 g/mol. The predicted molar refractivity (Wildman–Crippen MR) is 41.2 cm³/mol. The lowest BCUT2D eigenvalue weighted by Gasteiger charge is -2.51. The highest BCUT2D eigenvalue weighted by Gasteiger charge is 2.42. The summed E-state index contributed by atoms with van der Waals surface area (Å²) in [5.74, 6) is 0. The Morgan fingerprint density at radius 1 is 1.36 bits per heavy atom. The van der Waals surface area contributed by atoms with E-state index in [1.54, 1.807) is 4.90 Å². The lowest BCUT2D eigenvalue weighted by molar-refractivity contribution is -0.126. The van der Waals surface area contributed by atoms with E-state index in [2.05, 4.69) is 10.6 Å². The van der Waals surface area contributed by atoms with E-state index in [0.29, 0.717) is 0 Å². The minimum atomic E-state index is 0.208. The summed E-state index contributed by atoms with van der Waals surface area (Å²) in [6.45, 7) is 4.79.